The smallest absolute Gasteiger partial charge is 0.251 e. The van der Waals surface area contributed by atoms with Crippen LogP contribution in [0.2, 0.25) is 0 Å². The van der Waals surface area contributed by atoms with Crippen molar-refractivity contribution in [2.75, 3.05) is 13.2 Å². The molecule has 0 bridgehead atoms. The van der Waals surface area contributed by atoms with Crippen LogP contribution in [-0.2, 0) is 4.74 Å². The highest BCUT2D eigenvalue weighted by molar-refractivity contribution is 5.98. The zero-order valence-corrected chi connectivity index (χ0v) is 17.1. The third-order valence-electron chi connectivity index (χ3n) is 4.14. The van der Waals surface area contributed by atoms with E-state index in [4.69, 9.17) is 4.74 Å². The number of nitrogens with one attached hydrogen (secondary N) is 2. The van der Waals surface area contributed by atoms with E-state index in [-0.39, 0.29) is 23.5 Å². The minimum Gasteiger partial charge on any atom is -0.374 e. The molecule has 5 heteroatoms. The van der Waals surface area contributed by atoms with Gasteiger partial charge in [-0.1, -0.05) is 30.3 Å². The molecule has 2 amide bonds. The Morgan fingerprint density at radius 2 is 1.50 bits per heavy atom. The van der Waals surface area contributed by atoms with Gasteiger partial charge < -0.3 is 15.4 Å². The van der Waals surface area contributed by atoms with Crippen molar-refractivity contribution in [1.29, 1.82) is 0 Å². The molecule has 0 spiro atoms. The third kappa shape index (κ3) is 7.16. The SMILES string of the molecule is CC(OCCCNC(=O)c1ccc(C(=O)NC(C)(C)C)cc1)c1ccccc1. The predicted octanol–water partition coefficient (Wildman–Crippen LogP) is 4.11. The number of hydrogen-bond donors (Lipinski definition) is 2. The van der Waals surface area contributed by atoms with E-state index in [1.165, 1.54) is 0 Å². The first-order valence-electron chi connectivity index (χ1n) is 9.63. The van der Waals surface area contributed by atoms with Gasteiger partial charge in [0.1, 0.15) is 0 Å². The van der Waals surface area contributed by atoms with Gasteiger partial charge in [0.2, 0.25) is 0 Å². The van der Waals surface area contributed by atoms with E-state index in [0.29, 0.717) is 24.3 Å². The van der Waals surface area contributed by atoms with Crippen LogP contribution in [0.5, 0.6) is 0 Å². The second-order valence-electron chi connectivity index (χ2n) is 7.81. The summed E-state index contributed by atoms with van der Waals surface area (Å²) in [7, 11) is 0. The van der Waals surface area contributed by atoms with Gasteiger partial charge >= 0.3 is 0 Å². The summed E-state index contributed by atoms with van der Waals surface area (Å²) in [5, 5.41) is 5.78. The summed E-state index contributed by atoms with van der Waals surface area (Å²) in [5.74, 6) is -0.303. The van der Waals surface area contributed by atoms with Crippen molar-refractivity contribution in [2.45, 2.75) is 45.8 Å². The summed E-state index contributed by atoms with van der Waals surface area (Å²) >= 11 is 0. The molecule has 150 valence electrons. The minimum absolute atomic E-state index is 0.0312. The molecular weight excluding hydrogens is 352 g/mol. The number of benzene rings is 2. The van der Waals surface area contributed by atoms with Crippen molar-refractivity contribution in [1.82, 2.24) is 10.6 Å². The molecule has 0 saturated heterocycles. The molecule has 0 aromatic heterocycles. The number of ether oxygens (including phenoxy) is 1. The van der Waals surface area contributed by atoms with E-state index in [2.05, 4.69) is 10.6 Å². The standard InChI is InChI=1S/C23H30N2O3/c1-17(18-9-6-5-7-10-18)28-16-8-15-24-21(26)19-11-13-20(14-12-19)22(27)25-23(2,3)4/h5-7,9-14,17H,8,15-16H2,1-4H3,(H,24,26)(H,25,27). The van der Waals surface area contributed by atoms with Crippen molar-refractivity contribution < 1.29 is 14.3 Å². The quantitative estimate of drug-likeness (QED) is 0.675. The first kappa shape index (κ1) is 21.6. The highest BCUT2D eigenvalue weighted by Crippen LogP contribution is 2.15. The zero-order chi connectivity index (χ0) is 20.6. The molecule has 2 N–H and O–H groups in total. The van der Waals surface area contributed by atoms with Crippen LogP contribution in [0.3, 0.4) is 0 Å². The summed E-state index contributed by atoms with van der Waals surface area (Å²) in [6.07, 6.45) is 0.762. The Morgan fingerprint density at radius 1 is 0.929 bits per heavy atom. The molecule has 0 radical (unpaired) electrons. The monoisotopic (exact) mass is 382 g/mol. The van der Waals surface area contributed by atoms with Gasteiger partial charge in [-0.3, -0.25) is 9.59 Å². The topological polar surface area (TPSA) is 67.4 Å². The minimum atomic E-state index is -0.298. The van der Waals surface area contributed by atoms with E-state index < -0.39 is 0 Å². The summed E-state index contributed by atoms with van der Waals surface area (Å²) in [6, 6.07) is 16.7. The van der Waals surface area contributed by atoms with Crippen molar-refractivity contribution in [3.8, 4) is 0 Å². The van der Waals surface area contributed by atoms with Crippen LogP contribution in [0.15, 0.2) is 54.6 Å². The molecule has 0 aliphatic heterocycles. The second kappa shape index (κ2) is 10.0. The van der Waals surface area contributed by atoms with Gasteiger partial charge in [0.15, 0.2) is 0 Å². The van der Waals surface area contributed by atoms with Gasteiger partial charge in [-0.25, -0.2) is 0 Å². The number of hydrogen-bond acceptors (Lipinski definition) is 3. The summed E-state index contributed by atoms with van der Waals surface area (Å²) in [5.41, 5.74) is 1.91. The Morgan fingerprint density at radius 3 is 2.07 bits per heavy atom. The lowest BCUT2D eigenvalue weighted by Crippen LogP contribution is -2.40. The molecule has 28 heavy (non-hydrogen) atoms. The molecule has 1 atom stereocenters. The summed E-state index contributed by atoms with van der Waals surface area (Å²) in [6.45, 7) is 8.91. The van der Waals surface area contributed by atoms with E-state index >= 15 is 0 Å². The van der Waals surface area contributed by atoms with E-state index in [0.717, 1.165) is 12.0 Å². The molecule has 2 aromatic rings. The molecule has 2 aromatic carbocycles. The lowest BCUT2D eigenvalue weighted by molar-refractivity contribution is 0.0635. The van der Waals surface area contributed by atoms with Crippen LogP contribution in [0, 0.1) is 0 Å². The third-order valence-corrected chi connectivity index (χ3v) is 4.14. The lowest BCUT2D eigenvalue weighted by atomic mass is 10.1. The van der Waals surface area contributed by atoms with Crippen molar-refractivity contribution >= 4 is 11.8 Å². The molecule has 0 aliphatic rings. The highest BCUT2D eigenvalue weighted by atomic mass is 16.5. The van der Waals surface area contributed by atoms with Crippen molar-refractivity contribution in [3.63, 3.8) is 0 Å². The summed E-state index contributed by atoms with van der Waals surface area (Å²) < 4.78 is 5.80. The molecule has 5 nitrogen and oxygen atoms in total. The van der Waals surface area contributed by atoms with Gasteiger partial charge in [0, 0.05) is 29.8 Å². The average Bonchev–Trinajstić information content (AvgIpc) is 2.67. The maximum Gasteiger partial charge on any atom is 0.251 e. The van der Waals surface area contributed by atoms with Gasteiger partial charge in [0.05, 0.1) is 6.10 Å². The number of rotatable bonds is 8. The maximum atomic E-state index is 12.2. The highest BCUT2D eigenvalue weighted by Gasteiger charge is 2.15. The fourth-order valence-corrected chi connectivity index (χ4v) is 2.64. The predicted molar refractivity (Wildman–Crippen MR) is 111 cm³/mol. The first-order valence-corrected chi connectivity index (χ1v) is 9.63. The Kier molecular flexibility index (Phi) is 7.76. The van der Waals surface area contributed by atoms with Crippen LogP contribution in [0.4, 0.5) is 0 Å². The average molecular weight is 383 g/mol. The fourth-order valence-electron chi connectivity index (χ4n) is 2.64. The van der Waals surface area contributed by atoms with Crippen LogP contribution in [0.1, 0.15) is 66.5 Å². The van der Waals surface area contributed by atoms with Crippen LogP contribution >= 0.6 is 0 Å². The Labute approximate surface area is 167 Å². The largest absolute Gasteiger partial charge is 0.374 e. The first-order chi connectivity index (χ1) is 13.3. The van der Waals surface area contributed by atoms with E-state index in [9.17, 15) is 9.59 Å². The van der Waals surface area contributed by atoms with Crippen LogP contribution in [0.25, 0.3) is 0 Å². The normalized spacial score (nSPS) is 12.3. The number of carbonyl (C=O) groups is 2. The number of carbonyl (C=O) groups excluding carboxylic acids is 2. The molecule has 1 unspecified atom stereocenters. The van der Waals surface area contributed by atoms with E-state index in [1.807, 2.05) is 58.0 Å². The van der Waals surface area contributed by atoms with Gasteiger partial charge in [-0.2, -0.15) is 0 Å². The molecular formula is C23H30N2O3. The van der Waals surface area contributed by atoms with Crippen molar-refractivity contribution in [2.24, 2.45) is 0 Å². The molecule has 0 heterocycles. The molecule has 0 saturated carbocycles. The summed E-state index contributed by atoms with van der Waals surface area (Å²) in [4.78, 5) is 24.3. The van der Waals surface area contributed by atoms with Gasteiger partial charge in [-0.05, 0) is 63.9 Å². The maximum absolute atomic E-state index is 12.2. The van der Waals surface area contributed by atoms with Gasteiger partial charge in [-0.15, -0.1) is 0 Å². The molecule has 0 aliphatic carbocycles. The second-order valence-corrected chi connectivity index (χ2v) is 7.81. The van der Waals surface area contributed by atoms with Crippen molar-refractivity contribution in [3.05, 3.63) is 71.3 Å². The van der Waals surface area contributed by atoms with E-state index in [1.54, 1.807) is 24.3 Å². The molecule has 2 rings (SSSR count). The number of amides is 2. The zero-order valence-electron chi connectivity index (χ0n) is 17.1. The van der Waals surface area contributed by atoms with Crippen LogP contribution < -0.4 is 10.6 Å². The fraction of sp³-hybridized carbons (Fsp3) is 0.391. The lowest BCUT2D eigenvalue weighted by Gasteiger charge is -2.20. The Bertz CT molecular complexity index is 765. The Balaban J connectivity index is 1.72. The van der Waals surface area contributed by atoms with Gasteiger partial charge in [0.25, 0.3) is 11.8 Å². The molecule has 0 fully saturated rings. The Hall–Kier alpha value is -2.66. The van der Waals surface area contributed by atoms with Crippen LogP contribution in [-0.4, -0.2) is 30.5 Å².